The molecule has 0 aliphatic rings. The summed E-state index contributed by atoms with van der Waals surface area (Å²) in [4.78, 5) is 20.2. The van der Waals surface area contributed by atoms with Gasteiger partial charge in [0, 0.05) is 6.04 Å². The molecule has 3 heterocycles. The van der Waals surface area contributed by atoms with Crippen LogP contribution in [0.4, 0.5) is 5.95 Å². The summed E-state index contributed by atoms with van der Waals surface area (Å²) >= 11 is 1.24. The van der Waals surface area contributed by atoms with Crippen molar-refractivity contribution in [1.82, 2.24) is 34.9 Å². The molecule has 11 heteroatoms. The van der Waals surface area contributed by atoms with Gasteiger partial charge in [-0.05, 0) is 25.6 Å². The van der Waals surface area contributed by atoms with E-state index in [-0.39, 0.29) is 17.7 Å². The number of hydrogen-bond donors (Lipinski definition) is 4. The van der Waals surface area contributed by atoms with E-state index >= 15 is 0 Å². The van der Waals surface area contributed by atoms with Crippen LogP contribution >= 0.6 is 11.8 Å². The molecule has 0 atom stereocenters. The van der Waals surface area contributed by atoms with Crippen LogP contribution < -0.4 is 17.0 Å². The fourth-order valence-electron chi connectivity index (χ4n) is 1.85. The second-order valence-corrected chi connectivity index (χ2v) is 5.46. The molecular formula is C10H13N9OS. The highest BCUT2D eigenvalue weighted by Gasteiger charge is 2.17. The van der Waals surface area contributed by atoms with Crippen molar-refractivity contribution in [1.29, 1.82) is 0 Å². The second kappa shape index (κ2) is 5.18. The average molecular weight is 307 g/mol. The van der Waals surface area contributed by atoms with Gasteiger partial charge in [-0.1, -0.05) is 0 Å². The first-order valence-corrected chi connectivity index (χ1v) is 6.94. The van der Waals surface area contributed by atoms with E-state index in [0.717, 1.165) is 5.39 Å². The smallest absolute Gasteiger partial charge is 0.292 e. The fraction of sp³-hybridized carbons (Fsp3) is 0.300. The molecule has 0 amide bonds. The van der Waals surface area contributed by atoms with Crippen molar-refractivity contribution in [3.05, 3.63) is 16.7 Å². The number of rotatable bonds is 4. The number of aromatic nitrogens is 7. The van der Waals surface area contributed by atoms with Crippen LogP contribution in [-0.2, 0) is 0 Å². The second-order valence-electron chi connectivity index (χ2n) is 4.51. The van der Waals surface area contributed by atoms with Crippen molar-refractivity contribution in [3.63, 3.8) is 0 Å². The summed E-state index contributed by atoms with van der Waals surface area (Å²) < 4.78 is 1.55. The number of hydrazine groups is 1. The Kier molecular flexibility index (Phi) is 3.35. The molecule has 0 saturated carbocycles. The summed E-state index contributed by atoms with van der Waals surface area (Å²) in [7, 11) is 0. The maximum atomic E-state index is 11.8. The lowest BCUT2D eigenvalue weighted by atomic mass is 10.4. The topological polar surface area (TPSA) is 143 Å². The van der Waals surface area contributed by atoms with Crippen LogP contribution in [0.2, 0.25) is 0 Å². The molecular weight excluding hydrogens is 294 g/mol. The number of nitrogen functional groups attached to an aromatic ring is 1. The Morgan fingerprint density at radius 2 is 2.19 bits per heavy atom. The molecule has 0 radical (unpaired) electrons. The van der Waals surface area contributed by atoms with Gasteiger partial charge in [0.15, 0.2) is 10.8 Å². The lowest BCUT2D eigenvalue weighted by molar-refractivity contribution is 0.534. The van der Waals surface area contributed by atoms with Crippen LogP contribution in [0.5, 0.6) is 0 Å². The zero-order valence-electron chi connectivity index (χ0n) is 11.3. The molecule has 0 spiro atoms. The van der Waals surface area contributed by atoms with Crippen molar-refractivity contribution in [2.75, 3.05) is 5.43 Å². The molecule has 0 saturated heterocycles. The molecule has 3 rings (SSSR count). The Morgan fingerprint density at radius 3 is 2.90 bits per heavy atom. The first kappa shape index (κ1) is 13.6. The maximum Gasteiger partial charge on any atom is 0.344 e. The predicted molar refractivity (Wildman–Crippen MR) is 76.8 cm³/mol. The van der Waals surface area contributed by atoms with Gasteiger partial charge in [-0.25, -0.2) is 20.7 Å². The van der Waals surface area contributed by atoms with E-state index in [4.69, 9.17) is 5.84 Å². The third-order valence-corrected chi connectivity index (χ3v) is 3.76. The number of aromatic amines is 2. The van der Waals surface area contributed by atoms with Crippen molar-refractivity contribution in [2.45, 2.75) is 30.1 Å². The first-order valence-electron chi connectivity index (χ1n) is 6.12. The number of anilines is 1. The molecule has 3 aromatic heterocycles. The van der Waals surface area contributed by atoms with Crippen LogP contribution in [-0.4, -0.2) is 34.9 Å². The van der Waals surface area contributed by atoms with Gasteiger partial charge in [-0.3, -0.25) is 15.1 Å². The van der Waals surface area contributed by atoms with E-state index in [9.17, 15) is 4.79 Å². The Morgan fingerprint density at radius 1 is 1.38 bits per heavy atom. The summed E-state index contributed by atoms with van der Waals surface area (Å²) in [6.07, 6.45) is 1.61. The van der Waals surface area contributed by atoms with Gasteiger partial charge in [0.1, 0.15) is 5.03 Å². The lowest BCUT2D eigenvalue weighted by Crippen LogP contribution is -2.19. The maximum absolute atomic E-state index is 11.8. The van der Waals surface area contributed by atoms with Gasteiger partial charge >= 0.3 is 5.69 Å². The number of hydrogen-bond acceptors (Lipinski definition) is 8. The van der Waals surface area contributed by atoms with Crippen LogP contribution in [0.25, 0.3) is 11.0 Å². The summed E-state index contributed by atoms with van der Waals surface area (Å²) in [5, 5.41) is 15.0. The summed E-state index contributed by atoms with van der Waals surface area (Å²) in [5.74, 6) is 5.61. The van der Waals surface area contributed by atoms with E-state index in [1.54, 1.807) is 10.8 Å². The van der Waals surface area contributed by atoms with E-state index in [2.05, 4.69) is 35.8 Å². The zero-order chi connectivity index (χ0) is 15.0. The normalized spacial score (nSPS) is 11.4. The Balaban J connectivity index is 2.10. The third kappa shape index (κ3) is 2.36. The van der Waals surface area contributed by atoms with Crippen molar-refractivity contribution in [2.24, 2.45) is 5.84 Å². The lowest BCUT2D eigenvalue weighted by Gasteiger charge is -2.08. The molecule has 0 aliphatic heterocycles. The number of nitrogens with zero attached hydrogens (tertiary/aromatic N) is 5. The SMILES string of the molecule is CC(C)n1c(Sc2nc(NN)nc3[nH]ncc23)n[nH]c1=O. The van der Waals surface area contributed by atoms with Crippen LogP contribution in [0.1, 0.15) is 19.9 Å². The predicted octanol–water partition coefficient (Wildman–Crippen LogP) is 0.255. The van der Waals surface area contributed by atoms with Gasteiger partial charge < -0.3 is 0 Å². The van der Waals surface area contributed by atoms with E-state index in [1.807, 2.05) is 13.8 Å². The highest BCUT2D eigenvalue weighted by Crippen LogP contribution is 2.30. The third-order valence-electron chi connectivity index (χ3n) is 2.78. The minimum absolute atomic E-state index is 0.0208. The Hall–Kier alpha value is -2.40. The molecule has 21 heavy (non-hydrogen) atoms. The molecule has 0 unspecified atom stereocenters. The van der Waals surface area contributed by atoms with Gasteiger partial charge in [0.2, 0.25) is 5.95 Å². The number of nitrogens with one attached hydrogen (secondary N) is 3. The monoisotopic (exact) mass is 307 g/mol. The Labute approximate surface area is 122 Å². The van der Waals surface area contributed by atoms with Crippen LogP contribution in [0.3, 0.4) is 0 Å². The van der Waals surface area contributed by atoms with E-state index in [0.29, 0.717) is 15.8 Å². The standard InChI is InChI=1S/C10H13N9OS/c1-4(2)19-9(20)17-18-10(19)21-7-5-3-12-16-6(5)13-8(14-7)15-11/h3-4H,11H2,1-2H3,(H,17,20)(H2,12,13,14,15,16). The molecule has 110 valence electrons. The Bertz CT molecular complexity index is 833. The van der Waals surface area contributed by atoms with E-state index < -0.39 is 0 Å². The highest BCUT2D eigenvalue weighted by atomic mass is 32.2. The molecule has 0 bridgehead atoms. The number of H-pyrrole nitrogens is 2. The van der Waals surface area contributed by atoms with Crippen molar-refractivity contribution in [3.8, 4) is 0 Å². The van der Waals surface area contributed by atoms with Crippen LogP contribution in [0.15, 0.2) is 21.2 Å². The van der Waals surface area contributed by atoms with Gasteiger partial charge in [-0.15, -0.1) is 5.10 Å². The van der Waals surface area contributed by atoms with Gasteiger partial charge in [0.05, 0.1) is 11.6 Å². The van der Waals surface area contributed by atoms with Crippen molar-refractivity contribution < 1.29 is 0 Å². The first-order chi connectivity index (χ1) is 10.1. The molecule has 0 aromatic carbocycles. The quantitative estimate of drug-likeness (QED) is 0.305. The largest absolute Gasteiger partial charge is 0.344 e. The molecule has 0 fully saturated rings. The minimum Gasteiger partial charge on any atom is -0.292 e. The number of nitrogens with two attached hydrogens (primary N) is 1. The molecule has 3 aromatic rings. The minimum atomic E-state index is -0.262. The van der Waals surface area contributed by atoms with Crippen LogP contribution in [0, 0.1) is 0 Å². The van der Waals surface area contributed by atoms with E-state index in [1.165, 1.54) is 11.8 Å². The summed E-state index contributed by atoms with van der Waals surface area (Å²) in [5.41, 5.74) is 2.69. The zero-order valence-corrected chi connectivity index (χ0v) is 12.1. The molecule has 5 N–H and O–H groups in total. The fourth-order valence-corrected chi connectivity index (χ4v) is 2.90. The van der Waals surface area contributed by atoms with Crippen molar-refractivity contribution >= 4 is 28.7 Å². The summed E-state index contributed by atoms with van der Waals surface area (Å²) in [6, 6.07) is -0.0208. The molecule has 10 nitrogen and oxygen atoms in total. The van der Waals surface area contributed by atoms with Gasteiger partial charge in [0.25, 0.3) is 0 Å². The average Bonchev–Trinajstić information content (AvgIpc) is 3.05. The summed E-state index contributed by atoms with van der Waals surface area (Å²) in [6.45, 7) is 3.81. The van der Waals surface area contributed by atoms with Gasteiger partial charge in [-0.2, -0.15) is 10.1 Å². The number of fused-ring (bicyclic) bond motifs is 1. The molecule has 0 aliphatic carbocycles. The highest BCUT2D eigenvalue weighted by molar-refractivity contribution is 7.99.